The molecule has 2 aromatic carbocycles. The van der Waals surface area contributed by atoms with Gasteiger partial charge >= 0.3 is 0 Å². The van der Waals surface area contributed by atoms with E-state index >= 15 is 0 Å². The zero-order valence-corrected chi connectivity index (χ0v) is 10.9. The standard InChI is InChI=1S/C17H16O2/c1-19-17-9-5-6-14(12-17)10-11-16(13-18)15-7-3-2-4-8-15/h2-9,11-13H,10H2,1H3. The Hall–Kier alpha value is -2.35. The molecular formula is C17H16O2. The van der Waals surface area contributed by atoms with Crippen LogP contribution in [0.1, 0.15) is 11.1 Å². The molecule has 0 aliphatic carbocycles. The van der Waals surface area contributed by atoms with E-state index in [-0.39, 0.29) is 0 Å². The lowest BCUT2D eigenvalue weighted by atomic mass is 10.0. The van der Waals surface area contributed by atoms with Crippen LogP contribution in [0.15, 0.2) is 60.7 Å². The first-order chi connectivity index (χ1) is 9.33. The normalized spacial score (nSPS) is 11.1. The third kappa shape index (κ3) is 3.55. The summed E-state index contributed by atoms with van der Waals surface area (Å²) in [5.41, 5.74) is 2.78. The molecule has 0 bridgehead atoms. The fraction of sp³-hybridized carbons (Fsp3) is 0.118. The molecule has 0 heterocycles. The Morgan fingerprint density at radius 2 is 1.89 bits per heavy atom. The molecular weight excluding hydrogens is 236 g/mol. The van der Waals surface area contributed by atoms with E-state index in [1.807, 2.05) is 60.7 Å². The van der Waals surface area contributed by atoms with Crippen molar-refractivity contribution in [2.45, 2.75) is 6.42 Å². The van der Waals surface area contributed by atoms with Crippen molar-refractivity contribution in [3.8, 4) is 5.75 Å². The summed E-state index contributed by atoms with van der Waals surface area (Å²) < 4.78 is 5.18. The van der Waals surface area contributed by atoms with Crippen molar-refractivity contribution in [2.24, 2.45) is 0 Å². The highest BCUT2D eigenvalue weighted by Crippen LogP contribution is 2.16. The smallest absolute Gasteiger partial charge is 0.150 e. The highest BCUT2D eigenvalue weighted by Gasteiger charge is 2.00. The molecule has 19 heavy (non-hydrogen) atoms. The maximum Gasteiger partial charge on any atom is 0.150 e. The Labute approximate surface area is 113 Å². The Balaban J connectivity index is 2.18. The van der Waals surface area contributed by atoms with Gasteiger partial charge in [0.15, 0.2) is 0 Å². The summed E-state index contributed by atoms with van der Waals surface area (Å²) in [5, 5.41) is 0. The van der Waals surface area contributed by atoms with Crippen LogP contribution in [0.2, 0.25) is 0 Å². The van der Waals surface area contributed by atoms with E-state index in [1.54, 1.807) is 7.11 Å². The molecule has 0 aliphatic heterocycles. The Morgan fingerprint density at radius 1 is 1.11 bits per heavy atom. The largest absolute Gasteiger partial charge is 0.497 e. The fourth-order valence-electron chi connectivity index (χ4n) is 1.89. The van der Waals surface area contributed by atoms with Gasteiger partial charge in [-0.1, -0.05) is 48.5 Å². The van der Waals surface area contributed by atoms with E-state index in [1.165, 1.54) is 0 Å². The summed E-state index contributed by atoms with van der Waals surface area (Å²) in [4.78, 5) is 11.2. The van der Waals surface area contributed by atoms with Gasteiger partial charge in [0.1, 0.15) is 12.0 Å². The van der Waals surface area contributed by atoms with Gasteiger partial charge in [0.25, 0.3) is 0 Å². The van der Waals surface area contributed by atoms with Gasteiger partial charge in [-0.25, -0.2) is 0 Å². The van der Waals surface area contributed by atoms with Gasteiger partial charge in [-0.05, 0) is 29.7 Å². The molecule has 2 nitrogen and oxygen atoms in total. The minimum absolute atomic E-state index is 0.708. The van der Waals surface area contributed by atoms with E-state index in [4.69, 9.17) is 4.74 Å². The molecule has 0 radical (unpaired) electrons. The molecule has 0 saturated heterocycles. The number of carbonyl (C=O) groups is 1. The maximum absolute atomic E-state index is 11.2. The van der Waals surface area contributed by atoms with Crippen LogP contribution in [0.25, 0.3) is 5.57 Å². The second-order valence-corrected chi connectivity index (χ2v) is 4.20. The minimum Gasteiger partial charge on any atom is -0.497 e. The summed E-state index contributed by atoms with van der Waals surface area (Å²) in [7, 11) is 1.65. The van der Waals surface area contributed by atoms with Crippen LogP contribution in [-0.2, 0) is 11.2 Å². The van der Waals surface area contributed by atoms with Gasteiger partial charge in [0.2, 0.25) is 0 Å². The molecule has 2 aromatic rings. The third-order valence-corrected chi connectivity index (χ3v) is 2.93. The number of carbonyl (C=O) groups excluding carboxylic acids is 1. The zero-order chi connectivity index (χ0) is 13.5. The zero-order valence-electron chi connectivity index (χ0n) is 10.9. The van der Waals surface area contributed by atoms with Crippen LogP contribution in [0.5, 0.6) is 5.75 Å². The lowest BCUT2D eigenvalue weighted by Gasteiger charge is -2.03. The number of hydrogen-bond donors (Lipinski definition) is 0. The van der Waals surface area contributed by atoms with E-state index in [9.17, 15) is 4.79 Å². The molecule has 0 amide bonds. The fourth-order valence-corrected chi connectivity index (χ4v) is 1.89. The van der Waals surface area contributed by atoms with Crippen LogP contribution in [0, 0.1) is 0 Å². The van der Waals surface area contributed by atoms with Gasteiger partial charge in [-0.15, -0.1) is 0 Å². The number of methoxy groups -OCH3 is 1. The molecule has 0 N–H and O–H groups in total. The first-order valence-electron chi connectivity index (χ1n) is 6.17. The monoisotopic (exact) mass is 252 g/mol. The summed E-state index contributed by atoms with van der Waals surface area (Å²) in [6.07, 6.45) is 3.55. The lowest BCUT2D eigenvalue weighted by molar-refractivity contribution is -0.103. The van der Waals surface area contributed by atoms with Crippen molar-refractivity contribution in [3.05, 3.63) is 71.8 Å². The van der Waals surface area contributed by atoms with Crippen molar-refractivity contribution in [2.75, 3.05) is 7.11 Å². The number of rotatable bonds is 5. The molecule has 0 aromatic heterocycles. The summed E-state index contributed by atoms with van der Waals surface area (Å²) in [5.74, 6) is 0.832. The van der Waals surface area contributed by atoms with Crippen molar-refractivity contribution in [1.29, 1.82) is 0 Å². The third-order valence-electron chi connectivity index (χ3n) is 2.93. The summed E-state index contributed by atoms with van der Waals surface area (Å²) in [6, 6.07) is 17.5. The molecule has 0 atom stereocenters. The van der Waals surface area contributed by atoms with Crippen LogP contribution in [0.4, 0.5) is 0 Å². The highest BCUT2D eigenvalue weighted by molar-refractivity contribution is 6.06. The van der Waals surface area contributed by atoms with Crippen LogP contribution in [-0.4, -0.2) is 13.4 Å². The van der Waals surface area contributed by atoms with E-state index < -0.39 is 0 Å². The molecule has 96 valence electrons. The second kappa shape index (κ2) is 6.55. The lowest BCUT2D eigenvalue weighted by Crippen LogP contribution is -1.89. The van der Waals surface area contributed by atoms with Gasteiger partial charge in [0.05, 0.1) is 7.11 Å². The number of hydrogen-bond acceptors (Lipinski definition) is 2. The number of benzene rings is 2. The van der Waals surface area contributed by atoms with Crippen molar-refractivity contribution in [1.82, 2.24) is 0 Å². The van der Waals surface area contributed by atoms with Crippen molar-refractivity contribution < 1.29 is 9.53 Å². The highest BCUT2D eigenvalue weighted by atomic mass is 16.5. The Morgan fingerprint density at radius 3 is 2.58 bits per heavy atom. The van der Waals surface area contributed by atoms with Gasteiger partial charge in [-0.2, -0.15) is 0 Å². The van der Waals surface area contributed by atoms with Crippen LogP contribution in [0.3, 0.4) is 0 Å². The Kier molecular flexibility index (Phi) is 4.51. The van der Waals surface area contributed by atoms with E-state index in [0.717, 1.165) is 23.2 Å². The molecule has 0 fully saturated rings. The predicted molar refractivity (Wildman–Crippen MR) is 77.2 cm³/mol. The topological polar surface area (TPSA) is 26.3 Å². The van der Waals surface area contributed by atoms with Crippen LogP contribution < -0.4 is 4.74 Å². The first kappa shape index (κ1) is 13.1. The molecule has 0 unspecified atom stereocenters. The van der Waals surface area contributed by atoms with Crippen molar-refractivity contribution >= 4 is 11.9 Å². The van der Waals surface area contributed by atoms with E-state index in [2.05, 4.69) is 0 Å². The summed E-state index contributed by atoms with van der Waals surface area (Å²) >= 11 is 0. The van der Waals surface area contributed by atoms with Gasteiger partial charge in [0, 0.05) is 5.57 Å². The number of aldehydes is 1. The SMILES string of the molecule is COc1cccc(CC=C(C=O)c2ccccc2)c1. The van der Waals surface area contributed by atoms with Gasteiger partial charge < -0.3 is 4.74 Å². The Bertz CT molecular complexity index is 571. The molecule has 2 rings (SSSR count). The molecule has 0 saturated carbocycles. The molecule has 0 aliphatic rings. The average molecular weight is 252 g/mol. The minimum atomic E-state index is 0.708. The van der Waals surface area contributed by atoms with E-state index in [0.29, 0.717) is 12.0 Å². The average Bonchev–Trinajstić information content (AvgIpc) is 2.49. The van der Waals surface area contributed by atoms with Crippen LogP contribution >= 0.6 is 0 Å². The molecule has 2 heteroatoms. The quantitative estimate of drug-likeness (QED) is 0.601. The number of allylic oxidation sites excluding steroid dienone is 2. The van der Waals surface area contributed by atoms with Crippen molar-refractivity contribution in [3.63, 3.8) is 0 Å². The van der Waals surface area contributed by atoms with Gasteiger partial charge in [-0.3, -0.25) is 4.79 Å². The second-order valence-electron chi connectivity index (χ2n) is 4.20. The predicted octanol–water partition coefficient (Wildman–Crippen LogP) is 3.52. The number of ether oxygens (including phenoxy) is 1. The molecule has 0 spiro atoms. The summed E-state index contributed by atoms with van der Waals surface area (Å²) in [6.45, 7) is 0. The first-order valence-corrected chi connectivity index (χ1v) is 6.17. The maximum atomic E-state index is 11.2.